The maximum absolute atomic E-state index is 9.95. The number of hydrogen-bond acceptors (Lipinski definition) is 2. The molecule has 21 heavy (non-hydrogen) atoms. The summed E-state index contributed by atoms with van der Waals surface area (Å²) < 4.78 is 0. The van der Waals surface area contributed by atoms with Crippen molar-refractivity contribution < 1.29 is 5.11 Å². The SMILES string of the molecule is Oc1[nH]c2cc(Cl)ccc2c1C=NCCc1ccccc1. The van der Waals surface area contributed by atoms with Gasteiger partial charge in [-0.25, -0.2) is 0 Å². The van der Waals surface area contributed by atoms with Crippen LogP contribution in [0.4, 0.5) is 0 Å². The Morgan fingerprint density at radius 1 is 1.14 bits per heavy atom. The molecular weight excluding hydrogens is 284 g/mol. The molecule has 1 aromatic heterocycles. The molecule has 0 aliphatic rings. The summed E-state index contributed by atoms with van der Waals surface area (Å²) in [6, 6.07) is 15.7. The molecule has 0 saturated carbocycles. The summed E-state index contributed by atoms with van der Waals surface area (Å²) >= 11 is 5.94. The van der Waals surface area contributed by atoms with Crippen molar-refractivity contribution >= 4 is 28.7 Å². The molecule has 0 spiro atoms. The Morgan fingerprint density at radius 2 is 1.95 bits per heavy atom. The van der Waals surface area contributed by atoms with E-state index in [1.54, 1.807) is 18.3 Å². The van der Waals surface area contributed by atoms with E-state index in [-0.39, 0.29) is 5.88 Å². The summed E-state index contributed by atoms with van der Waals surface area (Å²) in [5.41, 5.74) is 2.77. The van der Waals surface area contributed by atoms with E-state index in [1.807, 2.05) is 24.3 Å². The second-order valence-corrected chi connectivity index (χ2v) is 5.28. The van der Waals surface area contributed by atoms with Gasteiger partial charge in [-0.2, -0.15) is 0 Å². The van der Waals surface area contributed by atoms with Crippen LogP contribution in [0.3, 0.4) is 0 Å². The van der Waals surface area contributed by atoms with Gasteiger partial charge in [0.15, 0.2) is 5.88 Å². The molecule has 2 aromatic carbocycles. The van der Waals surface area contributed by atoms with E-state index in [4.69, 9.17) is 11.6 Å². The number of fused-ring (bicyclic) bond motifs is 1. The van der Waals surface area contributed by atoms with E-state index >= 15 is 0 Å². The molecule has 0 aliphatic heterocycles. The molecule has 2 N–H and O–H groups in total. The van der Waals surface area contributed by atoms with Gasteiger partial charge in [0.2, 0.25) is 0 Å². The van der Waals surface area contributed by atoms with E-state index in [0.29, 0.717) is 17.1 Å². The van der Waals surface area contributed by atoms with Gasteiger partial charge in [-0.1, -0.05) is 48.0 Å². The number of halogens is 1. The maximum atomic E-state index is 9.95. The minimum atomic E-state index is 0.121. The molecule has 0 unspecified atom stereocenters. The zero-order valence-corrected chi connectivity index (χ0v) is 12.1. The Hall–Kier alpha value is -2.26. The zero-order valence-electron chi connectivity index (χ0n) is 11.4. The number of rotatable bonds is 4. The highest BCUT2D eigenvalue weighted by Crippen LogP contribution is 2.27. The standard InChI is InChI=1S/C17H15ClN2O/c18-13-6-7-14-15(17(21)20-16(14)10-13)11-19-9-8-12-4-2-1-3-5-12/h1-7,10-11,20-21H,8-9H2. The van der Waals surface area contributed by atoms with Crippen LogP contribution in [0.15, 0.2) is 53.5 Å². The Balaban J connectivity index is 1.75. The van der Waals surface area contributed by atoms with E-state index in [9.17, 15) is 5.11 Å². The fourth-order valence-corrected chi connectivity index (χ4v) is 2.47. The molecule has 0 atom stereocenters. The molecular formula is C17H15ClN2O. The molecule has 4 heteroatoms. The van der Waals surface area contributed by atoms with Crippen molar-refractivity contribution in [1.82, 2.24) is 4.98 Å². The number of aromatic nitrogens is 1. The van der Waals surface area contributed by atoms with Gasteiger partial charge in [0, 0.05) is 23.2 Å². The molecule has 3 aromatic rings. The van der Waals surface area contributed by atoms with Crippen LogP contribution in [-0.2, 0) is 6.42 Å². The molecule has 0 fully saturated rings. The monoisotopic (exact) mass is 298 g/mol. The lowest BCUT2D eigenvalue weighted by molar-refractivity contribution is 0.457. The van der Waals surface area contributed by atoms with E-state index in [2.05, 4.69) is 22.1 Å². The quantitative estimate of drug-likeness (QED) is 0.697. The summed E-state index contributed by atoms with van der Waals surface area (Å²) in [7, 11) is 0. The smallest absolute Gasteiger partial charge is 0.198 e. The lowest BCUT2D eigenvalue weighted by Gasteiger charge is -1.97. The number of hydrogen-bond donors (Lipinski definition) is 2. The number of H-pyrrole nitrogens is 1. The first-order valence-corrected chi connectivity index (χ1v) is 7.16. The van der Waals surface area contributed by atoms with Crippen LogP contribution in [0.1, 0.15) is 11.1 Å². The molecule has 0 radical (unpaired) electrons. The largest absolute Gasteiger partial charge is 0.494 e. The summed E-state index contributed by atoms with van der Waals surface area (Å²) in [5, 5.41) is 11.5. The van der Waals surface area contributed by atoms with E-state index in [0.717, 1.165) is 17.3 Å². The number of nitrogens with one attached hydrogen (secondary N) is 1. The number of aromatic amines is 1. The van der Waals surface area contributed by atoms with Crippen molar-refractivity contribution in [1.29, 1.82) is 0 Å². The van der Waals surface area contributed by atoms with Gasteiger partial charge in [0.25, 0.3) is 0 Å². The zero-order chi connectivity index (χ0) is 14.7. The summed E-state index contributed by atoms with van der Waals surface area (Å²) in [5.74, 6) is 0.121. The number of aromatic hydroxyl groups is 1. The maximum Gasteiger partial charge on any atom is 0.198 e. The van der Waals surface area contributed by atoms with Gasteiger partial charge in [-0.15, -0.1) is 0 Å². The second kappa shape index (κ2) is 6.02. The van der Waals surface area contributed by atoms with Crippen molar-refractivity contribution in [2.45, 2.75) is 6.42 Å². The molecule has 3 rings (SSSR count). The highest BCUT2D eigenvalue weighted by atomic mass is 35.5. The Morgan fingerprint density at radius 3 is 2.76 bits per heavy atom. The first-order valence-electron chi connectivity index (χ1n) is 6.78. The predicted octanol–water partition coefficient (Wildman–Crippen LogP) is 4.19. The molecule has 106 valence electrons. The third kappa shape index (κ3) is 3.09. The Labute approximate surface area is 127 Å². The van der Waals surface area contributed by atoms with Crippen molar-refractivity contribution in [2.24, 2.45) is 4.99 Å². The first kappa shape index (κ1) is 13.7. The van der Waals surface area contributed by atoms with Gasteiger partial charge in [-0.3, -0.25) is 4.99 Å². The topological polar surface area (TPSA) is 48.4 Å². The van der Waals surface area contributed by atoms with Crippen LogP contribution in [0.2, 0.25) is 5.02 Å². The van der Waals surface area contributed by atoms with Gasteiger partial charge < -0.3 is 10.1 Å². The van der Waals surface area contributed by atoms with Crippen LogP contribution >= 0.6 is 11.6 Å². The molecule has 1 heterocycles. The van der Waals surface area contributed by atoms with Crippen LogP contribution < -0.4 is 0 Å². The first-order chi connectivity index (χ1) is 10.2. The van der Waals surface area contributed by atoms with Gasteiger partial charge >= 0.3 is 0 Å². The Bertz CT molecular complexity index is 778. The average Bonchev–Trinajstić information content (AvgIpc) is 2.79. The minimum Gasteiger partial charge on any atom is -0.494 e. The Kier molecular flexibility index (Phi) is 3.93. The van der Waals surface area contributed by atoms with Gasteiger partial charge in [0.05, 0.1) is 11.1 Å². The highest BCUT2D eigenvalue weighted by Gasteiger charge is 2.08. The fraction of sp³-hybridized carbons (Fsp3) is 0.118. The van der Waals surface area contributed by atoms with E-state index in [1.165, 1.54) is 5.56 Å². The summed E-state index contributed by atoms with van der Waals surface area (Å²) in [4.78, 5) is 7.31. The lowest BCUT2D eigenvalue weighted by Crippen LogP contribution is -1.90. The summed E-state index contributed by atoms with van der Waals surface area (Å²) in [6.07, 6.45) is 2.59. The lowest BCUT2D eigenvalue weighted by atomic mass is 10.1. The molecule has 3 nitrogen and oxygen atoms in total. The third-order valence-electron chi connectivity index (χ3n) is 3.37. The van der Waals surface area contributed by atoms with Crippen LogP contribution in [-0.4, -0.2) is 22.8 Å². The average molecular weight is 299 g/mol. The third-order valence-corrected chi connectivity index (χ3v) is 3.61. The summed E-state index contributed by atoms with van der Waals surface area (Å²) in [6.45, 7) is 0.684. The second-order valence-electron chi connectivity index (χ2n) is 4.85. The van der Waals surface area contributed by atoms with Crippen LogP contribution in [0.5, 0.6) is 5.88 Å². The molecule has 0 bridgehead atoms. The van der Waals surface area contributed by atoms with Crippen molar-refractivity contribution in [2.75, 3.05) is 6.54 Å². The normalized spacial score (nSPS) is 11.5. The number of aliphatic imine (C=N–C) groups is 1. The van der Waals surface area contributed by atoms with Crippen molar-refractivity contribution in [3.63, 3.8) is 0 Å². The van der Waals surface area contributed by atoms with E-state index < -0.39 is 0 Å². The highest BCUT2D eigenvalue weighted by molar-refractivity contribution is 6.31. The fourth-order valence-electron chi connectivity index (χ4n) is 2.30. The number of benzene rings is 2. The van der Waals surface area contributed by atoms with Crippen LogP contribution in [0, 0.1) is 0 Å². The van der Waals surface area contributed by atoms with Gasteiger partial charge in [0.1, 0.15) is 0 Å². The van der Waals surface area contributed by atoms with Crippen LogP contribution in [0.25, 0.3) is 10.9 Å². The molecule has 0 saturated heterocycles. The van der Waals surface area contributed by atoms with Crippen molar-refractivity contribution in [3.8, 4) is 5.88 Å². The molecule has 0 aliphatic carbocycles. The van der Waals surface area contributed by atoms with Gasteiger partial charge in [-0.05, 0) is 24.1 Å². The number of nitrogens with zero attached hydrogens (tertiary/aromatic N) is 1. The van der Waals surface area contributed by atoms with Crippen molar-refractivity contribution in [3.05, 3.63) is 64.7 Å². The minimum absolute atomic E-state index is 0.121. The molecule has 0 amide bonds. The predicted molar refractivity (Wildman–Crippen MR) is 87.6 cm³/mol.